The van der Waals surface area contributed by atoms with Crippen molar-refractivity contribution in [1.82, 2.24) is 9.71 Å². The highest BCUT2D eigenvalue weighted by atomic mass is 35.5. The summed E-state index contributed by atoms with van der Waals surface area (Å²) in [7, 11) is -3.87. The highest BCUT2D eigenvalue weighted by Crippen LogP contribution is 2.28. The third kappa shape index (κ3) is 4.52. The fourth-order valence-corrected chi connectivity index (χ4v) is 5.32. The summed E-state index contributed by atoms with van der Waals surface area (Å²) in [6.07, 6.45) is 4.72. The molecule has 8 heteroatoms. The van der Waals surface area contributed by atoms with E-state index in [2.05, 4.69) is 15.0 Å². The number of benzene rings is 2. The second-order valence-electron chi connectivity index (χ2n) is 7.26. The van der Waals surface area contributed by atoms with Crippen LogP contribution in [0.1, 0.15) is 25.7 Å². The minimum atomic E-state index is -3.87. The van der Waals surface area contributed by atoms with Gasteiger partial charge in [-0.15, -0.1) is 0 Å². The molecule has 1 aromatic heterocycles. The van der Waals surface area contributed by atoms with E-state index in [1.54, 1.807) is 6.20 Å². The number of sulfonamides is 1. The van der Waals surface area contributed by atoms with E-state index in [-0.39, 0.29) is 17.0 Å². The Labute approximate surface area is 174 Å². The summed E-state index contributed by atoms with van der Waals surface area (Å²) in [5.74, 6) is -0.736. The van der Waals surface area contributed by atoms with Crippen molar-refractivity contribution in [3.8, 4) is 0 Å². The lowest BCUT2D eigenvalue weighted by molar-refractivity contribution is 0.387. The highest BCUT2D eigenvalue weighted by Gasteiger charge is 2.27. The van der Waals surface area contributed by atoms with Crippen LogP contribution in [0.3, 0.4) is 0 Å². The Balaban J connectivity index is 1.40. The van der Waals surface area contributed by atoms with E-state index < -0.39 is 15.8 Å². The Hall–Kier alpha value is -2.22. The number of halogens is 2. The molecule has 1 saturated carbocycles. The van der Waals surface area contributed by atoms with Gasteiger partial charge in [-0.05, 0) is 62.1 Å². The predicted octanol–water partition coefficient (Wildman–Crippen LogP) is 4.73. The summed E-state index contributed by atoms with van der Waals surface area (Å²) < 4.78 is 41.5. The van der Waals surface area contributed by atoms with E-state index in [0.717, 1.165) is 35.5 Å². The topological polar surface area (TPSA) is 71.1 Å². The van der Waals surface area contributed by atoms with Gasteiger partial charge < -0.3 is 5.32 Å². The smallest absolute Gasteiger partial charge is 0.243 e. The van der Waals surface area contributed by atoms with Gasteiger partial charge >= 0.3 is 0 Å². The summed E-state index contributed by atoms with van der Waals surface area (Å²) in [6, 6.07) is 13.0. The number of pyridine rings is 1. The van der Waals surface area contributed by atoms with Crippen molar-refractivity contribution in [2.45, 2.75) is 42.7 Å². The molecule has 2 aromatic carbocycles. The van der Waals surface area contributed by atoms with Gasteiger partial charge in [0.1, 0.15) is 10.7 Å². The third-order valence-corrected chi connectivity index (χ3v) is 7.03. The first kappa shape index (κ1) is 20.1. The van der Waals surface area contributed by atoms with Gasteiger partial charge in [-0.2, -0.15) is 0 Å². The fraction of sp³-hybridized carbons (Fsp3) is 0.286. The zero-order chi connectivity index (χ0) is 20.4. The molecule has 2 N–H and O–H groups in total. The van der Waals surface area contributed by atoms with Gasteiger partial charge in [-0.25, -0.2) is 17.5 Å². The number of fused-ring (bicyclic) bond motifs is 1. The molecule has 5 nitrogen and oxygen atoms in total. The van der Waals surface area contributed by atoms with Gasteiger partial charge in [0.15, 0.2) is 0 Å². The first-order chi connectivity index (χ1) is 13.9. The molecule has 1 aliphatic carbocycles. The Morgan fingerprint density at radius 3 is 2.48 bits per heavy atom. The molecule has 1 fully saturated rings. The predicted molar refractivity (Wildman–Crippen MR) is 113 cm³/mol. The number of anilines is 1. The number of hydrogen-bond acceptors (Lipinski definition) is 4. The van der Waals surface area contributed by atoms with Crippen LogP contribution in [0.4, 0.5) is 10.1 Å². The average molecular weight is 434 g/mol. The molecule has 0 unspecified atom stereocenters. The molecule has 0 amide bonds. The standard InChI is InChI=1S/C21H21ClFN3O2S/c22-14-5-10-17-19(11-12-24-20(17)13-14)25-15-6-8-16(9-7-15)26-29(27,28)21-4-2-1-3-18(21)23/h1-5,10-13,15-16,26H,6-9H2,(H,24,25)/t15-,16+. The van der Waals surface area contributed by atoms with E-state index >= 15 is 0 Å². The molecule has 1 heterocycles. The summed E-state index contributed by atoms with van der Waals surface area (Å²) in [4.78, 5) is 4.05. The summed E-state index contributed by atoms with van der Waals surface area (Å²) >= 11 is 6.05. The van der Waals surface area contributed by atoms with Gasteiger partial charge in [-0.3, -0.25) is 4.98 Å². The molecule has 1 aliphatic rings. The number of nitrogens with one attached hydrogen (secondary N) is 2. The van der Waals surface area contributed by atoms with Crippen molar-refractivity contribution in [1.29, 1.82) is 0 Å². The summed E-state index contributed by atoms with van der Waals surface area (Å²) in [6.45, 7) is 0. The summed E-state index contributed by atoms with van der Waals surface area (Å²) in [5.41, 5.74) is 1.82. The minimum Gasteiger partial charge on any atom is -0.382 e. The summed E-state index contributed by atoms with van der Waals surface area (Å²) in [5, 5.41) is 5.19. The molecule has 0 bridgehead atoms. The lowest BCUT2D eigenvalue weighted by atomic mass is 9.91. The van der Waals surface area contributed by atoms with Crippen molar-refractivity contribution in [2.24, 2.45) is 0 Å². The molecule has 29 heavy (non-hydrogen) atoms. The molecular formula is C21H21ClFN3O2S. The quantitative estimate of drug-likeness (QED) is 0.610. The van der Waals surface area contributed by atoms with E-state index in [1.807, 2.05) is 24.3 Å². The number of rotatable bonds is 5. The van der Waals surface area contributed by atoms with Gasteiger partial charge in [0.2, 0.25) is 10.0 Å². The zero-order valence-corrected chi connectivity index (χ0v) is 17.2. The Kier molecular flexibility index (Phi) is 5.72. The second kappa shape index (κ2) is 8.26. The van der Waals surface area contributed by atoms with Gasteiger partial charge in [0.05, 0.1) is 5.52 Å². The van der Waals surface area contributed by atoms with Crippen LogP contribution in [-0.2, 0) is 10.0 Å². The normalized spacial score (nSPS) is 19.9. The van der Waals surface area contributed by atoms with E-state index in [9.17, 15) is 12.8 Å². The van der Waals surface area contributed by atoms with Crippen molar-refractivity contribution in [2.75, 3.05) is 5.32 Å². The lowest BCUT2D eigenvalue weighted by Crippen LogP contribution is -2.40. The number of aromatic nitrogens is 1. The van der Waals surface area contributed by atoms with Crippen LogP contribution in [0.15, 0.2) is 59.6 Å². The van der Waals surface area contributed by atoms with E-state index in [0.29, 0.717) is 17.9 Å². The highest BCUT2D eigenvalue weighted by molar-refractivity contribution is 7.89. The molecule has 152 valence electrons. The Bertz CT molecular complexity index is 1130. The molecule has 0 aliphatic heterocycles. The first-order valence-corrected chi connectivity index (χ1v) is 11.4. The fourth-order valence-electron chi connectivity index (χ4n) is 3.77. The maximum absolute atomic E-state index is 13.9. The van der Waals surface area contributed by atoms with Crippen molar-refractivity contribution >= 4 is 38.2 Å². The van der Waals surface area contributed by atoms with Crippen molar-refractivity contribution in [3.05, 3.63) is 65.6 Å². The first-order valence-electron chi connectivity index (χ1n) is 9.50. The van der Waals surface area contributed by atoms with E-state index in [4.69, 9.17) is 11.6 Å². The van der Waals surface area contributed by atoms with Crippen LogP contribution < -0.4 is 10.0 Å². The third-order valence-electron chi connectivity index (χ3n) is 5.24. The molecule has 0 radical (unpaired) electrons. The maximum Gasteiger partial charge on any atom is 0.243 e. The van der Waals surface area contributed by atoms with Crippen LogP contribution in [-0.4, -0.2) is 25.5 Å². The van der Waals surface area contributed by atoms with Crippen LogP contribution in [0.25, 0.3) is 10.9 Å². The molecule has 3 aromatic rings. The van der Waals surface area contributed by atoms with Crippen LogP contribution in [0.2, 0.25) is 5.02 Å². The molecule has 0 atom stereocenters. The number of nitrogens with zero attached hydrogens (tertiary/aromatic N) is 1. The van der Waals surface area contributed by atoms with E-state index in [1.165, 1.54) is 18.2 Å². The monoisotopic (exact) mass is 433 g/mol. The molecule has 0 spiro atoms. The van der Waals surface area contributed by atoms with Gasteiger partial charge in [0.25, 0.3) is 0 Å². The minimum absolute atomic E-state index is 0.203. The molecular weight excluding hydrogens is 413 g/mol. The second-order valence-corrected chi connectivity index (χ2v) is 9.38. The Morgan fingerprint density at radius 1 is 1.00 bits per heavy atom. The van der Waals surface area contributed by atoms with Crippen LogP contribution in [0, 0.1) is 5.82 Å². The molecule has 0 saturated heterocycles. The largest absolute Gasteiger partial charge is 0.382 e. The SMILES string of the molecule is O=S(=O)(N[C@H]1CC[C@@H](Nc2ccnc3cc(Cl)ccc23)CC1)c1ccccc1F. The maximum atomic E-state index is 13.9. The lowest BCUT2D eigenvalue weighted by Gasteiger charge is -2.30. The van der Waals surface area contributed by atoms with Gasteiger partial charge in [0, 0.05) is 34.4 Å². The van der Waals surface area contributed by atoms with Gasteiger partial charge in [-0.1, -0.05) is 23.7 Å². The van der Waals surface area contributed by atoms with Crippen LogP contribution >= 0.6 is 11.6 Å². The van der Waals surface area contributed by atoms with Crippen molar-refractivity contribution < 1.29 is 12.8 Å². The Morgan fingerprint density at radius 2 is 1.72 bits per heavy atom. The average Bonchev–Trinajstić information content (AvgIpc) is 2.69. The number of hydrogen-bond donors (Lipinski definition) is 2. The van der Waals surface area contributed by atoms with Crippen LogP contribution in [0.5, 0.6) is 0 Å². The zero-order valence-electron chi connectivity index (χ0n) is 15.6. The van der Waals surface area contributed by atoms with Crippen molar-refractivity contribution in [3.63, 3.8) is 0 Å². The molecule has 4 rings (SSSR count).